The normalized spacial score (nSPS) is 20.0. The van der Waals surface area contributed by atoms with Crippen molar-refractivity contribution in [3.63, 3.8) is 0 Å². The first-order valence-electron chi connectivity index (χ1n) is 5.37. The Labute approximate surface area is 108 Å². The van der Waals surface area contributed by atoms with Gasteiger partial charge < -0.3 is 10.2 Å². The van der Waals surface area contributed by atoms with Crippen molar-refractivity contribution in [1.82, 2.24) is 10.2 Å². The summed E-state index contributed by atoms with van der Waals surface area (Å²) < 4.78 is 1.08. The summed E-state index contributed by atoms with van der Waals surface area (Å²) in [6, 6.07) is 4.37. The van der Waals surface area contributed by atoms with Crippen LogP contribution in [0.5, 0.6) is 0 Å². The Morgan fingerprint density at radius 3 is 3.06 bits per heavy atom. The molecule has 16 heavy (non-hydrogen) atoms. The summed E-state index contributed by atoms with van der Waals surface area (Å²) in [5.41, 5.74) is 0. The number of carbonyl (C=O) groups is 1. The lowest BCUT2D eigenvalue weighted by molar-refractivity contribution is -0.130. The number of nitrogens with zero attached hydrogens (tertiary/aromatic N) is 1. The molecule has 1 aromatic rings. The van der Waals surface area contributed by atoms with Crippen LogP contribution in [-0.2, 0) is 11.2 Å². The molecule has 1 N–H and O–H groups in total. The predicted octanol–water partition coefficient (Wildman–Crippen LogP) is 1.87. The number of hydrogen-bond donors (Lipinski definition) is 1. The molecule has 1 aliphatic rings. The summed E-state index contributed by atoms with van der Waals surface area (Å²) in [4.78, 5) is 15.0. The molecule has 0 radical (unpaired) electrons. The summed E-state index contributed by atoms with van der Waals surface area (Å²) >= 11 is 5.04. The average Bonchev–Trinajstić information content (AvgIpc) is 2.88. The van der Waals surface area contributed by atoms with Gasteiger partial charge in [0, 0.05) is 24.5 Å². The first-order chi connectivity index (χ1) is 7.66. The minimum atomic E-state index is 0.211. The molecule has 0 spiro atoms. The van der Waals surface area contributed by atoms with Gasteiger partial charge in [0.2, 0.25) is 5.91 Å². The number of nitrogens with one attached hydrogen (secondary N) is 1. The standard InChI is InChI=1S/C11H15BrN2OS/c1-14(8-4-5-13-7-8)11(15)6-9-2-3-10(12)16-9/h2-3,8,13H,4-7H2,1H3. The molecule has 1 aromatic heterocycles. The first kappa shape index (κ1) is 12.1. The zero-order valence-electron chi connectivity index (χ0n) is 9.20. The van der Waals surface area contributed by atoms with Crippen LogP contribution in [0.3, 0.4) is 0 Å². The highest BCUT2D eigenvalue weighted by molar-refractivity contribution is 9.11. The van der Waals surface area contributed by atoms with Gasteiger partial charge in [-0.15, -0.1) is 11.3 Å². The Hall–Kier alpha value is -0.390. The molecule has 88 valence electrons. The summed E-state index contributed by atoms with van der Waals surface area (Å²) in [7, 11) is 1.91. The van der Waals surface area contributed by atoms with Gasteiger partial charge in [0.25, 0.3) is 0 Å². The molecule has 3 nitrogen and oxygen atoms in total. The van der Waals surface area contributed by atoms with Crippen LogP contribution in [0.2, 0.25) is 0 Å². The van der Waals surface area contributed by atoms with E-state index >= 15 is 0 Å². The van der Waals surface area contributed by atoms with Gasteiger partial charge in [-0.05, 0) is 41.0 Å². The average molecular weight is 303 g/mol. The molecule has 0 aromatic carbocycles. The number of thiophene rings is 1. The van der Waals surface area contributed by atoms with Crippen molar-refractivity contribution in [2.75, 3.05) is 20.1 Å². The first-order valence-corrected chi connectivity index (χ1v) is 6.98. The molecule has 2 rings (SSSR count). The van der Waals surface area contributed by atoms with Gasteiger partial charge in [-0.2, -0.15) is 0 Å². The van der Waals surface area contributed by atoms with E-state index in [1.807, 2.05) is 24.1 Å². The predicted molar refractivity (Wildman–Crippen MR) is 69.8 cm³/mol. The van der Waals surface area contributed by atoms with Crippen LogP contribution in [0, 0.1) is 0 Å². The highest BCUT2D eigenvalue weighted by atomic mass is 79.9. The van der Waals surface area contributed by atoms with Gasteiger partial charge in [0.1, 0.15) is 0 Å². The monoisotopic (exact) mass is 302 g/mol. The van der Waals surface area contributed by atoms with Gasteiger partial charge in [-0.25, -0.2) is 0 Å². The Morgan fingerprint density at radius 1 is 1.69 bits per heavy atom. The number of carbonyl (C=O) groups excluding carboxylic acids is 1. The summed E-state index contributed by atoms with van der Waals surface area (Å²) in [5.74, 6) is 0.211. The molecule has 0 saturated carbocycles. The molecule has 1 amide bonds. The van der Waals surface area contributed by atoms with E-state index in [2.05, 4.69) is 21.2 Å². The third-order valence-corrected chi connectivity index (χ3v) is 4.55. The van der Waals surface area contributed by atoms with Crippen LogP contribution in [0.1, 0.15) is 11.3 Å². The lowest BCUT2D eigenvalue weighted by Crippen LogP contribution is -2.39. The van der Waals surface area contributed by atoms with E-state index in [9.17, 15) is 4.79 Å². The van der Waals surface area contributed by atoms with Crippen molar-refractivity contribution >= 4 is 33.2 Å². The summed E-state index contributed by atoms with van der Waals surface area (Å²) in [6.07, 6.45) is 1.58. The van der Waals surface area contributed by atoms with E-state index in [-0.39, 0.29) is 5.91 Å². The fourth-order valence-electron chi connectivity index (χ4n) is 1.89. The van der Waals surface area contributed by atoms with Gasteiger partial charge in [-0.1, -0.05) is 0 Å². The second kappa shape index (κ2) is 5.29. The maximum Gasteiger partial charge on any atom is 0.227 e. The number of hydrogen-bond acceptors (Lipinski definition) is 3. The fraction of sp³-hybridized carbons (Fsp3) is 0.545. The smallest absolute Gasteiger partial charge is 0.227 e. The van der Waals surface area contributed by atoms with Crippen molar-refractivity contribution in [2.45, 2.75) is 18.9 Å². The van der Waals surface area contributed by atoms with Crippen molar-refractivity contribution < 1.29 is 4.79 Å². The third-order valence-electron chi connectivity index (χ3n) is 2.93. The molecule has 1 fully saturated rings. The van der Waals surface area contributed by atoms with Gasteiger partial charge >= 0.3 is 0 Å². The molecule has 5 heteroatoms. The molecule has 1 aliphatic heterocycles. The van der Waals surface area contributed by atoms with Crippen LogP contribution in [0.15, 0.2) is 15.9 Å². The molecule has 2 heterocycles. The lowest BCUT2D eigenvalue weighted by atomic mass is 10.2. The topological polar surface area (TPSA) is 32.3 Å². The molecular weight excluding hydrogens is 288 g/mol. The largest absolute Gasteiger partial charge is 0.341 e. The number of amides is 1. The van der Waals surface area contributed by atoms with Crippen molar-refractivity contribution in [1.29, 1.82) is 0 Å². The van der Waals surface area contributed by atoms with Gasteiger partial charge in [0.05, 0.1) is 10.2 Å². The number of rotatable bonds is 3. The maximum atomic E-state index is 12.0. The molecule has 1 unspecified atom stereocenters. The zero-order valence-corrected chi connectivity index (χ0v) is 11.6. The van der Waals surface area contributed by atoms with E-state index < -0.39 is 0 Å². The van der Waals surface area contributed by atoms with Crippen LogP contribution in [0.4, 0.5) is 0 Å². The maximum absolute atomic E-state index is 12.0. The van der Waals surface area contributed by atoms with E-state index in [4.69, 9.17) is 0 Å². The van der Waals surface area contributed by atoms with Gasteiger partial charge in [-0.3, -0.25) is 4.79 Å². The van der Waals surface area contributed by atoms with E-state index in [1.165, 1.54) is 0 Å². The van der Waals surface area contributed by atoms with Crippen LogP contribution < -0.4 is 5.32 Å². The fourth-order valence-corrected chi connectivity index (χ4v) is 3.37. The second-order valence-electron chi connectivity index (χ2n) is 4.03. The molecule has 0 bridgehead atoms. The molecular formula is C11H15BrN2OS. The van der Waals surface area contributed by atoms with Crippen LogP contribution in [0.25, 0.3) is 0 Å². The Balaban J connectivity index is 1.92. The second-order valence-corrected chi connectivity index (χ2v) is 6.58. The summed E-state index contributed by atoms with van der Waals surface area (Å²) in [6.45, 7) is 1.95. The SMILES string of the molecule is CN(C(=O)Cc1ccc(Br)s1)C1CCNC1. The Morgan fingerprint density at radius 2 is 2.50 bits per heavy atom. The minimum Gasteiger partial charge on any atom is -0.341 e. The van der Waals surface area contributed by atoms with Crippen LogP contribution in [-0.4, -0.2) is 37.0 Å². The zero-order chi connectivity index (χ0) is 11.5. The van der Waals surface area contributed by atoms with Gasteiger partial charge in [0.15, 0.2) is 0 Å². The van der Waals surface area contributed by atoms with E-state index in [0.29, 0.717) is 12.5 Å². The van der Waals surface area contributed by atoms with Crippen molar-refractivity contribution in [3.8, 4) is 0 Å². The summed E-state index contributed by atoms with van der Waals surface area (Å²) in [5, 5.41) is 3.28. The molecule has 0 aliphatic carbocycles. The van der Waals surface area contributed by atoms with E-state index in [1.54, 1.807) is 11.3 Å². The quantitative estimate of drug-likeness (QED) is 0.924. The highest BCUT2D eigenvalue weighted by Crippen LogP contribution is 2.23. The molecule has 1 saturated heterocycles. The highest BCUT2D eigenvalue weighted by Gasteiger charge is 2.23. The van der Waals surface area contributed by atoms with Crippen LogP contribution >= 0.6 is 27.3 Å². The lowest BCUT2D eigenvalue weighted by Gasteiger charge is -2.23. The number of likely N-dealkylation sites (N-methyl/N-ethyl adjacent to an activating group) is 1. The van der Waals surface area contributed by atoms with E-state index in [0.717, 1.165) is 28.2 Å². The third kappa shape index (κ3) is 2.84. The Bertz CT molecular complexity index is 374. The molecule has 1 atom stereocenters. The number of halogens is 1. The Kier molecular flexibility index (Phi) is 4.00. The minimum absolute atomic E-state index is 0.211. The van der Waals surface area contributed by atoms with Crippen molar-refractivity contribution in [2.24, 2.45) is 0 Å². The van der Waals surface area contributed by atoms with Crippen molar-refractivity contribution in [3.05, 3.63) is 20.8 Å².